The van der Waals surface area contributed by atoms with Crippen molar-refractivity contribution in [2.75, 3.05) is 0 Å². The summed E-state index contributed by atoms with van der Waals surface area (Å²) in [5.74, 6) is 0. The fourth-order valence-corrected chi connectivity index (χ4v) is 8.52. The highest BCUT2D eigenvalue weighted by Crippen LogP contribution is 2.44. The van der Waals surface area contributed by atoms with Gasteiger partial charge in [0.1, 0.15) is 4.83 Å². The summed E-state index contributed by atoms with van der Waals surface area (Å²) in [5.41, 5.74) is 10.1. The molecule has 0 spiro atoms. The van der Waals surface area contributed by atoms with E-state index >= 15 is 0 Å². The van der Waals surface area contributed by atoms with Crippen molar-refractivity contribution in [1.29, 1.82) is 5.26 Å². The summed E-state index contributed by atoms with van der Waals surface area (Å²) >= 11 is 1.78. The van der Waals surface area contributed by atoms with Gasteiger partial charge in [-0.05, 0) is 82.2 Å². The third kappa shape index (κ3) is 3.49. The number of rotatable bonds is 3. The molecule has 0 saturated heterocycles. The molecule has 47 heavy (non-hydrogen) atoms. The van der Waals surface area contributed by atoms with Gasteiger partial charge in [0, 0.05) is 32.3 Å². The second kappa shape index (κ2) is 9.55. The number of benzene rings is 6. The molecule has 10 rings (SSSR count). The lowest BCUT2D eigenvalue weighted by atomic mass is 9.94. The van der Waals surface area contributed by atoms with Crippen LogP contribution in [0, 0.1) is 17.9 Å². The molecule has 0 aliphatic carbocycles. The van der Waals surface area contributed by atoms with Gasteiger partial charge < -0.3 is 4.57 Å². The summed E-state index contributed by atoms with van der Waals surface area (Å²) in [5, 5.41) is 19.9. The Morgan fingerprint density at radius 1 is 0.596 bits per heavy atom. The molecule has 0 fully saturated rings. The molecule has 0 aliphatic heterocycles. The highest BCUT2D eigenvalue weighted by Gasteiger charge is 2.21. The molecule has 4 nitrogen and oxygen atoms in total. The minimum atomic E-state index is 0.503. The lowest BCUT2D eigenvalue weighted by Gasteiger charge is -2.14. The summed E-state index contributed by atoms with van der Waals surface area (Å²) in [7, 11) is 0. The van der Waals surface area contributed by atoms with Crippen LogP contribution in [0.15, 0.2) is 133 Å². The van der Waals surface area contributed by atoms with E-state index in [1.165, 1.54) is 37.4 Å². The molecule has 0 N–H and O–H groups in total. The van der Waals surface area contributed by atoms with Gasteiger partial charge in [0.2, 0.25) is 5.69 Å². The van der Waals surface area contributed by atoms with Gasteiger partial charge in [-0.25, -0.2) is 4.85 Å². The lowest BCUT2D eigenvalue weighted by molar-refractivity contribution is 1.18. The van der Waals surface area contributed by atoms with Crippen LogP contribution in [-0.4, -0.2) is 8.97 Å². The zero-order valence-electron chi connectivity index (χ0n) is 24.9. The van der Waals surface area contributed by atoms with Gasteiger partial charge >= 0.3 is 0 Å². The number of hydrogen-bond acceptors (Lipinski definition) is 2. The summed E-state index contributed by atoms with van der Waals surface area (Å²) in [6, 6.07) is 46.5. The zero-order valence-corrected chi connectivity index (χ0v) is 25.7. The number of para-hydroxylation sites is 3. The number of nitriles is 1. The highest BCUT2D eigenvalue weighted by atomic mass is 32.1. The number of aromatic nitrogens is 2. The van der Waals surface area contributed by atoms with Crippen LogP contribution in [-0.2, 0) is 0 Å². The van der Waals surface area contributed by atoms with Crippen molar-refractivity contribution in [1.82, 2.24) is 8.97 Å². The van der Waals surface area contributed by atoms with Gasteiger partial charge in [-0.3, -0.25) is 4.40 Å². The molecule has 0 bridgehead atoms. The standard InChI is InChI=1S/C42H22N4S/c1-44-36-23-33(28(24-43)22-40(36)45-37-14-5-2-11-29(37)30-12-3-6-15-38(30)45)26-10-8-9-25(19-26)27-20-34-31-13-4-7-16-39(31)46-41(34)35(21-27)32-17-18-47-42(32)46/h2-23H. The molecule has 6 aromatic carbocycles. The predicted molar refractivity (Wildman–Crippen MR) is 195 cm³/mol. The molecule has 0 radical (unpaired) electrons. The van der Waals surface area contributed by atoms with Gasteiger partial charge in [-0.1, -0.05) is 72.8 Å². The SMILES string of the molecule is [C-]#[N+]c1cc(-c2cccc(-c3cc4c5ccccc5n5c6sccc6c(c3)c45)c2)c(C#N)cc1-n1c2ccccc2c2ccccc21. The van der Waals surface area contributed by atoms with E-state index < -0.39 is 0 Å². The maximum Gasteiger partial charge on any atom is 0.211 e. The Morgan fingerprint density at radius 3 is 1.94 bits per heavy atom. The number of hydrogen-bond donors (Lipinski definition) is 0. The smallest absolute Gasteiger partial charge is 0.211 e. The van der Waals surface area contributed by atoms with Crippen molar-refractivity contribution in [2.24, 2.45) is 0 Å². The largest absolute Gasteiger partial charge is 0.319 e. The molecule has 5 heteroatoms. The molecule has 0 saturated carbocycles. The summed E-state index contributed by atoms with van der Waals surface area (Å²) < 4.78 is 4.52. The van der Waals surface area contributed by atoms with Crippen LogP contribution in [0.1, 0.15) is 5.56 Å². The van der Waals surface area contributed by atoms with Crippen LogP contribution in [0.4, 0.5) is 5.69 Å². The Balaban J connectivity index is 1.18. The predicted octanol–water partition coefficient (Wildman–Crippen LogP) is 11.8. The van der Waals surface area contributed by atoms with E-state index in [2.05, 4.69) is 104 Å². The fraction of sp³-hybridized carbons (Fsp3) is 0. The minimum absolute atomic E-state index is 0.503. The first-order valence-corrected chi connectivity index (χ1v) is 16.3. The number of fused-ring (bicyclic) bond motifs is 9. The third-order valence-electron chi connectivity index (χ3n) is 9.59. The molecule has 0 aliphatic rings. The Bertz CT molecular complexity index is 2940. The highest BCUT2D eigenvalue weighted by molar-refractivity contribution is 7.17. The quantitative estimate of drug-likeness (QED) is 0.182. The average molecular weight is 615 g/mol. The van der Waals surface area contributed by atoms with E-state index in [1.54, 1.807) is 11.3 Å². The zero-order chi connectivity index (χ0) is 31.2. The Morgan fingerprint density at radius 2 is 1.23 bits per heavy atom. The molecule has 216 valence electrons. The first kappa shape index (κ1) is 25.9. The average Bonchev–Trinajstić information content (AvgIpc) is 3.89. The summed E-state index contributed by atoms with van der Waals surface area (Å²) in [6.07, 6.45) is 0. The minimum Gasteiger partial charge on any atom is -0.319 e. The van der Waals surface area contributed by atoms with Crippen LogP contribution < -0.4 is 0 Å². The molecule has 0 amide bonds. The van der Waals surface area contributed by atoms with Crippen LogP contribution in [0.5, 0.6) is 0 Å². The lowest BCUT2D eigenvalue weighted by Crippen LogP contribution is -1.97. The fourth-order valence-electron chi connectivity index (χ4n) is 7.59. The molecular formula is C42H22N4S. The molecule has 0 unspecified atom stereocenters. The van der Waals surface area contributed by atoms with Gasteiger partial charge in [0.25, 0.3) is 0 Å². The van der Waals surface area contributed by atoms with Crippen molar-refractivity contribution < 1.29 is 0 Å². The van der Waals surface area contributed by atoms with Crippen LogP contribution in [0.25, 0.3) is 92.0 Å². The maximum atomic E-state index is 10.5. The van der Waals surface area contributed by atoms with E-state index in [0.29, 0.717) is 16.9 Å². The molecule has 10 aromatic rings. The summed E-state index contributed by atoms with van der Waals surface area (Å²) in [6.45, 7) is 8.22. The van der Waals surface area contributed by atoms with Crippen LogP contribution >= 0.6 is 11.3 Å². The molecule has 0 atom stereocenters. The van der Waals surface area contributed by atoms with Gasteiger partial charge in [-0.15, -0.1) is 11.3 Å². The first-order valence-electron chi connectivity index (χ1n) is 15.4. The topological polar surface area (TPSA) is 37.5 Å². The first-order chi connectivity index (χ1) is 23.2. The monoisotopic (exact) mass is 614 g/mol. The molecular weight excluding hydrogens is 593 g/mol. The van der Waals surface area contributed by atoms with Crippen molar-refractivity contribution in [3.05, 3.63) is 150 Å². The van der Waals surface area contributed by atoms with E-state index in [1.807, 2.05) is 48.5 Å². The molecule has 4 heterocycles. The Kier molecular flexibility index (Phi) is 5.26. The van der Waals surface area contributed by atoms with E-state index in [4.69, 9.17) is 6.57 Å². The van der Waals surface area contributed by atoms with E-state index in [9.17, 15) is 5.26 Å². The second-order valence-corrected chi connectivity index (χ2v) is 12.9. The van der Waals surface area contributed by atoms with Crippen molar-refractivity contribution >= 4 is 76.2 Å². The normalized spacial score (nSPS) is 11.8. The van der Waals surface area contributed by atoms with Crippen LogP contribution in [0.3, 0.4) is 0 Å². The van der Waals surface area contributed by atoms with E-state index in [-0.39, 0.29) is 0 Å². The second-order valence-electron chi connectivity index (χ2n) is 12.0. The summed E-state index contributed by atoms with van der Waals surface area (Å²) in [4.78, 5) is 5.27. The Hall–Kier alpha value is -6.40. The van der Waals surface area contributed by atoms with Crippen molar-refractivity contribution in [3.63, 3.8) is 0 Å². The van der Waals surface area contributed by atoms with E-state index in [0.717, 1.165) is 44.1 Å². The maximum absolute atomic E-state index is 10.5. The molecule has 4 aromatic heterocycles. The third-order valence-corrected chi connectivity index (χ3v) is 10.5. The number of nitrogens with zero attached hydrogens (tertiary/aromatic N) is 4. The Labute approximate surface area is 273 Å². The number of thiophene rings is 1. The van der Waals surface area contributed by atoms with Crippen molar-refractivity contribution in [3.8, 4) is 34.0 Å². The van der Waals surface area contributed by atoms with Gasteiger partial charge in [0.05, 0.1) is 46.0 Å². The van der Waals surface area contributed by atoms with Gasteiger partial charge in [-0.2, -0.15) is 5.26 Å². The van der Waals surface area contributed by atoms with Gasteiger partial charge in [0.15, 0.2) is 0 Å². The van der Waals surface area contributed by atoms with Crippen molar-refractivity contribution in [2.45, 2.75) is 0 Å². The van der Waals surface area contributed by atoms with Crippen LogP contribution in [0.2, 0.25) is 0 Å².